The van der Waals surface area contributed by atoms with E-state index in [1.165, 1.54) is 24.3 Å². The molecule has 0 radical (unpaired) electrons. The van der Waals surface area contributed by atoms with Crippen molar-refractivity contribution >= 4 is 21.4 Å². The van der Waals surface area contributed by atoms with E-state index in [1.807, 2.05) is 32.0 Å². The summed E-state index contributed by atoms with van der Waals surface area (Å²) in [6.07, 6.45) is 1.31. The summed E-state index contributed by atoms with van der Waals surface area (Å²) < 4.78 is 27.8. The summed E-state index contributed by atoms with van der Waals surface area (Å²) in [5.74, 6) is 0. The molecule has 7 heteroatoms. The van der Waals surface area contributed by atoms with Crippen LogP contribution in [0, 0.1) is 10.1 Å². The monoisotopic (exact) mass is 334 g/mol. The fourth-order valence-electron chi connectivity index (χ4n) is 2.40. The number of nitro benzene ring substituents is 1. The van der Waals surface area contributed by atoms with Crippen molar-refractivity contribution < 1.29 is 13.3 Å². The van der Waals surface area contributed by atoms with Crippen LogP contribution in [0.1, 0.15) is 25.0 Å². The molecule has 0 spiro atoms. The Morgan fingerprint density at radius 3 is 2.09 bits per heavy atom. The standard InChI is InChI=1S/C16H18N2O4S/c1-3-12-8-7-9-13(4-2)16(12)17-23(21,22)15-11-6-5-10-14(15)18(19)20/h5-11,17H,3-4H2,1-2H3. The summed E-state index contributed by atoms with van der Waals surface area (Å²) >= 11 is 0. The van der Waals surface area contributed by atoms with Gasteiger partial charge in [-0.15, -0.1) is 0 Å². The lowest BCUT2D eigenvalue weighted by Crippen LogP contribution is -2.17. The average molecular weight is 334 g/mol. The highest BCUT2D eigenvalue weighted by Crippen LogP contribution is 2.29. The second-order valence-corrected chi connectivity index (χ2v) is 6.64. The molecule has 0 saturated heterocycles. The van der Waals surface area contributed by atoms with Gasteiger partial charge in [-0.25, -0.2) is 8.42 Å². The van der Waals surface area contributed by atoms with Gasteiger partial charge in [0.25, 0.3) is 15.7 Å². The molecule has 6 nitrogen and oxygen atoms in total. The number of sulfonamides is 1. The maximum atomic E-state index is 12.6. The van der Waals surface area contributed by atoms with Gasteiger partial charge in [0, 0.05) is 6.07 Å². The SMILES string of the molecule is CCc1cccc(CC)c1NS(=O)(=O)c1ccccc1[N+](=O)[O-]. The zero-order chi connectivity index (χ0) is 17.0. The summed E-state index contributed by atoms with van der Waals surface area (Å²) in [6, 6.07) is 10.9. The van der Waals surface area contributed by atoms with Crippen LogP contribution in [0.25, 0.3) is 0 Å². The van der Waals surface area contributed by atoms with Crippen LogP contribution in [0.2, 0.25) is 0 Å². The third-order valence-electron chi connectivity index (χ3n) is 3.59. The number of nitrogens with zero attached hydrogens (tertiary/aromatic N) is 1. The molecule has 0 heterocycles. The second kappa shape index (κ2) is 6.78. The van der Waals surface area contributed by atoms with Gasteiger partial charge in [0.1, 0.15) is 0 Å². The van der Waals surface area contributed by atoms with Crippen LogP contribution in [0.15, 0.2) is 47.4 Å². The van der Waals surface area contributed by atoms with Crippen LogP contribution >= 0.6 is 0 Å². The molecule has 122 valence electrons. The smallest absolute Gasteiger partial charge is 0.279 e. The third kappa shape index (κ3) is 3.50. The van der Waals surface area contributed by atoms with Gasteiger partial charge in [-0.2, -0.15) is 0 Å². The number of hydrogen-bond acceptors (Lipinski definition) is 4. The Kier molecular flexibility index (Phi) is 5.00. The summed E-state index contributed by atoms with van der Waals surface area (Å²) in [4.78, 5) is 10.1. The first-order valence-electron chi connectivity index (χ1n) is 7.27. The minimum Gasteiger partial charge on any atom is -0.279 e. The van der Waals surface area contributed by atoms with Gasteiger partial charge in [-0.1, -0.05) is 44.2 Å². The van der Waals surface area contributed by atoms with E-state index in [4.69, 9.17) is 0 Å². The first kappa shape index (κ1) is 17.0. The first-order chi connectivity index (χ1) is 10.9. The van der Waals surface area contributed by atoms with Gasteiger partial charge in [0.2, 0.25) is 0 Å². The quantitative estimate of drug-likeness (QED) is 0.646. The van der Waals surface area contributed by atoms with Gasteiger partial charge in [0.15, 0.2) is 4.90 Å². The normalized spacial score (nSPS) is 11.2. The van der Waals surface area contributed by atoms with Crippen LogP contribution in [-0.4, -0.2) is 13.3 Å². The van der Waals surface area contributed by atoms with Gasteiger partial charge in [-0.3, -0.25) is 14.8 Å². The van der Waals surface area contributed by atoms with E-state index < -0.39 is 20.6 Å². The maximum absolute atomic E-state index is 12.6. The largest absolute Gasteiger partial charge is 0.289 e. The molecule has 0 bridgehead atoms. The molecule has 0 fully saturated rings. The molecular formula is C16H18N2O4S. The first-order valence-corrected chi connectivity index (χ1v) is 8.76. The average Bonchev–Trinajstić information content (AvgIpc) is 2.54. The highest BCUT2D eigenvalue weighted by molar-refractivity contribution is 7.92. The van der Waals surface area contributed by atoms with Crippen molar-refractivity contribution in [3.05, 3.63) is 63.7 Å². The molecule has 0 aliphatic heterocycles. The number of rotatable bonds is 6. The predicted octanol–water partition coefficient (Wildman–Crippen LogP) is 3.52. The number of benzene rings is 2. The molecule has 0 aliphatic rings. The molecule has 1 N–H and O–H groups in total. The van der Waals surface area contributed by atoms with Crippen molar-refractivity contribution in [3.63, 3.8) is 0 Å². The van der Waals surface area contributed by atoms with Crippen molar-refractivity contribution in [1.29, 1.82) is 0 Å². The lowest BCUT2D eigenvalue weighted by atomic mass is 10.0. The van der Waals surface area contributed by atoms with Crippen molar-refractivity contribution in [1.82, 2.24) is 0 Å². The molecule has 23 heavy (non-hydrogen) atoms. The fourth-order valence-corrected chi connectivity index (χ4v) is 3.71. The molecule has 0 unspecified atom stereocenters. The molecule has 0 aliphatic carbocycles. The number of para-hydroxylation sites is 2. The van der Waals surface area contributed by atoms with Crippen molar-refractivity contribution in [2.45, 2.75) is 31.6 Å². The van der Waals surface area contributed by atoms with Gasteiger partial charge >= 0.3 is 0 Å². The summed E-state index contributed by atoms with van der Waals surface area (Å²) in [6.45, 7) is 3.86. The summed E-state index contributed by atoms with van der Waals surface area (Å²) in [5, 5.41) is 11.1. The lowest BCUT2D eigenvalue weighted by Gasteiger charge is -2.15. The lowest BCUT2D eigenvalue weighted by molar-refractivity contribution is -0.387. The number of nitrogens with one attached hydrogen (secondary N) is 1. The third-order valence-corrected chi connectivity index (χ3v) is 4.98. The molecule has 0 atom stereocenters. The number of nitro groups is 1. The Bertz CT molecular complexity index is 809. The zero-order valence-electron chi connectivity index (χ0n) is 12.9. The molecule has 2 aromatic carbocycles. The van der Waals surface area contributed by atoms with Crippen LogP contribution < -0.4 is 4.72 Å². The van der Waals surface area contributed by atoms with E-state index in [2.05, 4.69) is 4.72 Å². The van der Waals surface area contributed by atoms with E-state index in [0.717, 1.165) is 11.1 Å². The summed E-state index contributed by atoms with van der Waals surface area (Å²) in [5.41, 5.74) is 1.78. The number of anilines is 1. The van der Waals surface area contributed by atoms with Crippen molar-refractivity contribution in [2.75, 3.05) is 4.72 Å². The Labute approximate surface area is 135 Å². The van der Waals surface area contributed by atoms with Gasteiger partial charge in [-0.05, 0) is 30.0 Å². The molecule has 0 aromatic heterocycles. The highest BCUT2D eigenvalue weighted by Gasteiger charge is 2.26. The van der Waals surface area contributed by atoms with Crippen LogP contribution in [-0.2, 0) is 22.9 Å². The van der Waals surface area contributed by atoms with E-state index in [1.54, 1.807) is 0 Å². The zero-order valence-corrected chi connectivity index (χ0v) is 13.8. The molecule has 0 amide bonds. The van der Waals surface area contributed by atoms with E-state index in [9.17, 15) is 18.5 Å². The van der Waals surface area contributed by atoms with E-state index >= 15 is 0 Å². The minimum absolute atomic E-state index is 0.335. The predicted molar refractivity (Wildman–Crippen MR) is 89.1 cm³/mol. The summed E-state index contributed by atoms with van der Waals surface area (Å²) in [7, 11) is -4.05. The van der Waals surface area contributed by atoms with Crippen LogP contribution in [0.3, 0.4) is 0 Å². The number of hydrogen-bond donors (Lipinski definition) is 1. The maximum Gasteiger partial charge on any atom is 0.289 e. The topological polar surface area (TPSA) is 89.3 Å². The fraction of sp³-hybridized carbons (Fsp3) is 0.250. The Morgan fingerprint density at radius 1 is 1.00 bits per heavy atom. The van der Waals surface area contributed by atoms with Gasteiger partial charge in [0.05, 0.1) is 10.6 Å². The molecule has 2 rings (SSSR count). The molecule has 0 saturated carbocycles. The van der Waals surface area contributed by atoms with Crippen molar-refractivity contribution in [3.8, 4) is 0 Å². The number of aryl methyl sites for hydroxylation is 2. The van der Waals surface area contributed by atoms with Crippen molar-refractivity contribution in [2.24, 2.45) is 0 Å². The van der Waals surface area contributed by atoms with E-state index in [-0.39, 0.29) is 4.90 Å². The Morgan fingerprint density at radius 2 is 1.57 bits per heavy atom. The second-order valence-electron chi connectivity index (χ2n) is 4.99. The molecule has 2 aromatic rings. The Hall–Kier alpha value is -2.41. The molecular weight excluding hydrogens is 316 g/mol. The van der Waals surface area contributed by atoms with E-state index in [0.29, 0.717) is 18.5 Å². The minimum atomic E-state index is -4.05. The van der Waals surface area contributed by atoms with Gasteiger partial charge < -0.3 is 0 Å². The van der Waals surface area contributed by atoms with Crippen LogP contribution in [0.4, 0.5) is 11.4 Å². The highest BCUT2D eigenvalue weighted by atomic mass is 32.2. The van der Waals surface area contributed by atoms with Crippen LogP contribution in [0.5, 0.6) is 0 Å². The Balaban J connectivity index is 2.54.